The van der Waals surface area contributed by atoms with Gasteiger partial charge in [-0.2, -0.15) is 0 Å². The third kappa shape index (κ3) is 6.77. The van der Waals surface area contributed by atoms with Crippen LogP contribution in [0.15, 0.2) is 41.8 Å². The third-order valence-electron chi connectivity index (χ3n) is 4.78. The van der Waals surface area contributed by atoms with E-state index in [0.29, 0.717) is 13.0 Å². The number of carbonyl (C=O) groups excluding carboxylic acids is 1. The van der Waals surface area contributed by atoms with Gasteiger partial charge in [-0.25, -0.2) is 0 Å². The number of benzene rings is 1. The van der Waals surface area contributed by atoms with Crippen LogP contribution in [0, 0.1) is 0 Å². The number of amides is 1. The topological polar surface area (TPSA) is 58.4 Å². The average Bonchev–Trinajstić information content (AvgIpc) is 3.09. The zero-order chi connectivity index (χ0) is 17.6. The Hall–Kier alpha value is -1.11. The highest BCUT2D eigenvalue weighted by Gasteiger charge is 2.25. The van der Waals surface area contributed by atoms with E-state index in [1.54, 1.807) is 0 Å². The Morgan fingerprint density at radius 3 is 2.70 bits per heavy atom. The second kappa shape index (κ2) is 11.7. The summed E-state index contributed by atoms with van der Waals surface area (Å²) in [5, 5.41) is 5.30. The molecule has 3 rings (SSSR count). The SMILES string of the molecule is CC(N)CCC(=O)NCC(c1ccccc1)N1CCc2sccc2C1.Cl.Cl. The Balaban J connectivity index is 0.00000182. The lowest BCUT2D eigenvalue weighted by Gasteiger charge is -2.35. The van der Waals surface area contributed by atoms with Gasteiger partial charge in [-0.05, 0) is 42.3 Å². The summed E-state index contributed by atoms with van der Waals surface area (Å²) >= 11 is 1.85. The van der Waals surface area contributed by atoms with Crippen molar-refractivity contribution in [2.75, 3.05) is 13.1 Å². The van der Waals surface area contributed by atoms with E-state index in [1.807, 2.05) is 24.3 Å². The monoisotopic (exact) mass is 429 g/mol. The number of nitrogens with one attached hydrogen (secondary N) is 1. The lowest BCUT2D eigenvalue weighted by Crippen LogP contribution is -2.40. The summed E-state index contributed by atoms with van der Waals surface area (Å²) in [5.74, 6) is 0.0893. The van der Waals surface area contributed by atoms with Gasteiger partial charge in [-0.3, -0.25) is 9.69 Å². The number of hydrogen-bond acceptors (Lipinski definition) is 4. The first-order chi connectivity index (χ1) is 12.1. The van der Waals surface area contributed by atoms with Gasteiger partial charge < -0.3 is 11.1 Å². The second-order valence-electron chi connectivity index (χ2n) is 6.84. The van der Waals surface area contributed by atoms with Crippen molar-refractivity contribution >= 4 is 42.1 Å². The molecule has 27 heavy (non-hydrogen) atoms. The van der Waals surface area contributed by atoms with E-state index in [-0.39, 0.29) is 42.8 Å². The quantitative estimate of drug-likeness (QED) is 0.700. The minimum atomic E-state index is 0. The zero-order valence-electron chi connectivity index (χ0n) is 15.6. The number of fused-ring (bicyclic) bond motifs is 1. The van der Waals surface area contributed by atoms with Crippen molar-refractivity contribution < 1.29 is 4.79 Å². The Morgan fingerprint density at radius 2 is 2.00 bits per heavy atom. The molecule has 3 N–H and O–H groups in total. The molecule has 0 bridgehead atoms. The van der Waals surface area contributed by atoms with E-state index in [0.717, 1.165) is 25.9 Å². The van der Waals surface area contributed by atoms with Crippen molar-refractivity contribution in [2.24, 2.45) is 5.73 Å². The van der Waals surface area contributed by atoms with Crippen LogP contribution in [-0.4, -0.2) is 29.9 Å². The molecule has 2 aromatic rings. The zero-order valence-corrected chi connectivity index (χ0v) is 18.0. The van der Waals surface area contributed by atoms with Gasteiger partial charge >= 0.3 is 0 Å². The van der Waals surface area contributed by atoms with E-state index < -0.39 is 0 Å². The fourth-order valence-corrected chi connectivity index (χ4v) is 4.22. The van der Waals surface area contributed by atoms with Crippen molar-refractivity contribution in [2.45, 2.75) is 44.8 Å². The molecule has 1 aromatic carbocycles. The summed E-state index contributed by atoms with van der Waals surface area (Å²) < 4.78 is 0. The Morgan fingerprint density at radius 1 is 1.26 bits per heavy atom. The molecule has 0 spiro atoms. The highest BCUT2D eigenvalue weighted by Crippen LogP contribution is 2.30. The molecule has 2 atom stereocenters. The van der Waals surface area contributed by atoms with Crippen LogP contribution in [0.2, 0.25) is 0 Å². The van der Waals surface area contributed by atoms with Crippen molar-refractivity contribution in [1.29, 1.82) is 0 Å². The number of nitrogens with two attached hydrogens (primary N) is 1. The van der Waals surface area contributed by atoms with Crippen LogP contribution >= 0.6 is 36.2 Å². The van der Waals surface area contributed by atoms with E-state index in [2.05, 4.69) is 45.9 Å². The first kappa shape index (κ1) is 23.9. The lowest BCUT2D eigenvalue weighted by molar-refractivity contribution is -0.121. The maximum Gasteiger partial charge on any atom is 0.220 e. The Bertz CT molecular complexity index is 694. The first-order valence-corrected chi connectivity index (χ1v) is 9.88. The fourth-order valence-electron chi connectivity index (χ4n) is 3.33. The maximum atomic E-state index is 12.1. The minimum Gasteiger partial charge on any atom is -0.354 e. The van der Waals surface area contributed by atoms with Crippen LogP contribution in [0.1, 0.15) is 41.8 Å². The number of halogens is 2. The molecule has 0 radical (unpaired) electrons. The molecule has 0 saturated carbocycles. The summed E-state index contributed by atoms with van der Waals surface area (Å²) in [7, 11) is 0. The minimum absolute atomic E-state index is 0. The molecule has 4 nitrogen and oxygen atoms in total. The van der Waals surface area contributed by atoms with Gasteiger partial charge in [0.2, 0.25) is 5.91 Å². The maximum absolute atomic E-state index is 12.1. The van der Waals surface area contributed by atoms with Crippen molar-refractivity contribution in [3.8, 4) is 0 Å². The Labute approximate surface area is 178 Å². The summed E-state index contributed by atoms with van der Waals surface area (Å²) in [5.41, 5.74) is 8.44. The second-order valence-corrected chi connectivity index (χ2v) is 7.84. The van der Waals surface area contributed by atoms with Crippen LogP contribution in [0.25, 0.3) is 0 Å². The van der Waals surface area contributed by atoms with Gasteiger partial charge in [0.15, 0.2) is 0 Å². The third-order valence-corrected chi connectivity index (χ3v) is 5.80. The van der Waals surface area contributed by atoms with E-state index in [4.69, 9.17) is 5.73 Å². The van der Waals surface area contributed by atoms with Gasteiger partial charge in [-0.15, -0.1) is 36.2 Å². The summed E-state index contributed by atoms with van der Waals surface area (Å²) in [6, 6.07) is 13.0. The summed E-state index contributed by atoms with van der Waals surface area (Å²) in [6.45, 7) is 4.56. The van der Waals surface area contributed by atoms with Gasteiger partial charge in [0, 0.05) is 37.0 Å². The molecule has 0 fully saturated rings. The number of rotatable bonds is 7. The predicted octanol–water partition coefficient (Wildman–Crippen LogP) is 3.93. The molecule has 1 amide bonds. The van der Waals surface area contributed by atoms with Crippen LogP contribution in [0.3, 0.4) is 0 Å². The lowest BCUT2D eigenvalue weighted by atomic mass is 10.0. The largest absolute Gasteiger partial charge is 0.354 e. The number of carbonyl (C=O) groups is 1. The molecule has 7 heteroatoms. The van der Waals surface area contributed by atoms with Gasteiger partial charge in [-0.1, -0.05) is 30.3 Å². The van der Waals surface area contributed by atoms with Crippen molar-refractivity contribution in [3.05, 3.63) is 57.8 Å². The Kier molecular flexibility index (Phi) is 10.3. The highest BCUT2D eigenvalue weighted by atomic mass is 35.5. The number of hydrogen-bond donors (Lipinski definition) is 2. The van der Waals surface area contributed by atoms with Crippen molar-refractivity contribution in [3.63, 3.8) is 0 Å². The van der Waals surface area contributed by atoms with E-state index in [1.165, 1.54) is 16.0 Å². The normalized spacial score (nSPS) is 15.6. The smallest absolute Gasteiger partial charge is 0.220 e. The van der Waals surface area contributed by atoms with Gasteiger partial charge in [0.05, 0.1) is 6.04 Å². The van der Waals surface area contributed by atoms with Gasteiger partial charge in [0.25, 0.3) is 0 Å². The summed E-state index contributed by atoms with van der Waals surface area (Å²) in [4.78, 5) is 16.1. The van der Waals surface area contributed by atoms with E-state index >= 15 is 0 Å². The molecule has 1 aliphatic rings. The van der Waals surface area contributed by atoms with Crippen molar-refractivity contribution in [1.82, 2.24) is 10.2 Å². The molecular formula is C20H29Cl2N3OS. The molecule has 1 aliphatic heterocycles. The fraction of sp³-hybridized carbons (Fsp3) is 0.450. The molecule has 0 saturated heterocycles. The van der Waals surface area contributed by atoms with E-state index in [9.17, 15) is 4.79 Å². The molecular weight excluding hydrogens is 401 g/mol. The molecule has 0 aliphatic carbocycles. The van der Waals surface area contributed by atoms with Crippen LogP contribution in [0.5, 0.6) is 0 Å². The molecule has 2 heterocycles. The highest BCUT2D eigenvalue weighted by molar-refractivity contribution is 7.10. The van der Waals surface area contributed by atoms with Crippen LogP contribution in [0.4, 0.5) is 0 Å². The van der Waals surface area contributed by atoms with Crippen LogP contribution < -0.4 is 11.1 Å². The van der Waals surface area contributed by atoms with Crippen LogP contribution in [-0.2, 0) is 17.8 Å². The standard InChI is InChI=1S/C20H27N3OS.2ClH/c1-15(21)7-8-20(24)22-13-18(16-5-3-2-4-6-16)23-11-9-19-17(14-23)10-12-25-19;;/h2-6,10,12,15,18H,7-9,11,13-14,21H2,1H3,(H,22,24);2*1H. The van der Waals surface area contributed by atoms with Gasteiger partial charge in [0.1, 0.15) is 0 Å². The number of nitrogens with zero attached hydrogens (tertiary/aromatic N) is 1. The molecule has 150 valence electrons. The predicted molar refractivity (Wildman–Crippen MR) is 118 cm³/mol. The summed E-state index contributed by atoms with van der Waals surface area (Å²) in [6.07, 6.45) is 2.31. The molecule has 2 unspecified atom stereocenters. The first-order valence-electron chi connectivity index (χ1n) is 9.00. The average molecular weight is 430 g/mol. The number of thiophene rings is 1. The molecule has 1 aromatic heterocycles.